The zero-order chi connectivity index (χ0) is 20.9. The zero-order valence-corrected chi connectivity index (χ0v) is 17.8. The van der Waals surface area contributed by atoms with Crippen molar-refractivity contribution in [1.82, 2.24) is 20.0 Å². The number of carbonyl (C=O) groups is 1. The van der Waals surface area contributed by atoms with Gasteiger partial charge in [-0.2, -0.15) is 5.10 Å². The van der Waals surface area contributed by atoms with Gasteiger partial charge in [0.05, 0.1) is 12.0 Å². The maximum Gasteiger partial charge on any atom is 0.270 e. The number of likely N-dealkylation sites (tertiary alicyclic amines) is 1. The Kier molecular flexibility index (Phi) is 6.33. The minimum absolute atomic E-state index is 0.117. The Morgan fingerprint density at radius 2 is 2.13 bits per heavy atom. The van der Waals surface area contributed by atoms with Crippen LogP contribution in [0.1, 0.15) is 48.7 Å². The van der Waals surface area contributed by atoms with Crippen LogP contribution in [-0.4, -0.2) is 46.3 Å². The Bertz CT molecular complexity index is 977. The van der Waals surface area contributed by atoms with Gasteiger partial charge in [0.25, 0.3) is 5.91 Å². The van der Waals surface area contributed by atoms with Gasteiger partial charge in [0.2, 0.25) is 0 Å². The van der Waals surface area contributed by atoms with Crippen molar-refractivity contribution in [2.24, 2.45) is 0 Å². The molecule has 3 aromatic rings. The lowest BCUT2D eigenvalue weighted by molar-refractivity contribution is 0.0941. The summed E-state index contributed by atoms with van der Waals surface area (Å²) >= 11 is 0. The number of nitrogens with zero attached hydrogens (tertiary/aromatic N) is 3. The number of carbonyl (C=O) groups excluding carboxylic acids is 1. The van der Waals surface area contributed by atoms with Crippen molar-refractivity contribution >= 4 is 5.91 Å². The average molecular weight is 407 g/mol. The number of aryl methyl sites for hydroxylation is 1. The molecule has 1 aromatic carbocycles. The third-order valence-corrected chi connectivity index (χ3v) is 5.81. The molecule has 1 N–H and O–H groups in total. The van der Waals surface area contributed by atoms with Crippen molar-refractivity contribution in [3.8, 4) is 17.1 Å². The molecule has 3 heterocycles. The molecule has 0 bridgehead atoms. The Labute approximate surface area is 177 Å². The van der Waals surface area contributed by atoms with E-state index in [1.807, 2.05) is 43.3 Å². The van der Waals surface area contributed by atoms with Gasteiger partial charge in [-0.3, -0.25) is 4.79 Å². The molecule has 6 heteroatoms. The predicted molar refractivity (Wildman–Crippen MR) is 118 cm³/mol. The number of amides is 1. The Morgan fingerprint density at radius 3 is 2.90 bits per heavy atom. The lowest BCUT2D eigenvalue weighted by Crippen LogP contribution is -2.39. The number of rotatable bonds is 7. The smallest absolute Gasteiger partial charge is 0.270 e. The average Bonchev–Trinajstić information content (AvgIpc) is 3.42. The molecule has 30 heavy (non-hydrogen) atoms. The van der Waals surface area contributed by atoms with Crippen molar-refractivity contribution < 1.29 is 9.21 Å². The van der Waals surface area contributed by atoms with E-state index in [0.717, 1.165) is 24.2 Å². The Hall–Kier alpha value is -2.86. The molecule has 0 saturated carbocycles. The second-order valence-corrected chi connectivity index (χ2v) is 8.13. The first-order valence-corrected chi connectivity index (χ1v) is 10.8. The summed E-state index contributed by atoms with van der Waals surface area (Å²) in [5.41, 5.74) is 3.14. The summed E-state index contributed by atoms with van der Waals surface area (Å²) in [5, 5.41) is 7.73. The van der Waals surface area contributed by atoms with E-state index in [2.05, 4.69) is 22.2 Å². The molecule has 1 aliphatic heterocycles. The maximum atomic E-state index is 13.0. The molecule has 0 spiro atoms. The lowest BCUT2D eigenvalue weighted by atomic mass is 10.0. The van der Waals surface area contributed by atoms with Crippen LogP contribution >= 0.6 is 0 Å². The SMILES string of the molecule is Cc1cccc(-n2nc(-c3ccco3)cc2C(=O)NCCCN2CCCC[C@@H]2C)c1. The predicted octanol–water partition coefficient (Wildman–Crippen LogP) is 4.44. The number of hydrogen-bond acceptors (Lipinski definition) is 4. The molecular weight excluding hydrogens is 376 g/mol. The number of hydrogen-bond donors (Lipinski definition) is 1. The minimum Gasteiger partial charge on any atom is -0.463 e. The second-order valence-electron chi connectivity index (χ2n) is 8.13. The summed E-state index contributed by atoms with van der Waals surface area (Å²) in [6, 6.07) is 14.1. The molecule has 1 amide bonds. The van der Waals surface area contributed by atoms with E-state index in [9.17, 15) is 4.79 Å². The third kappa shape index (κ3) is 4.65. The van der Waals surface area contributed by atoms with Crippen molar-refractivity contribution in [1.29, 1.82) is 0 Å². The van der Waals surface area contributed by atoms with Crippen LogP contribution in [0.4, 0.5) is 0 Å². The van der Waals surface area contributed by atoms with Gasteiger partial charge in [0.1, 0.15) is 11.4 Å². The fourth-order valence-electron chi connectivity index (χ4n) is 4.11. The highest BCUT2D eigenvalue weighted by atomic mass is 16.3. The molecule has 0 radical (unpaired) electrons. The van der Waals surface area contributed by atoms with Crippen LogP contribution in [0.5, 0.6) is 0 Å². The van der Waals surface area contributed by atoms with Crippen LogP contribution in [0.3, 0.4) is 0 Å². The van der Waals surface area contributed by atoms with E-state index < -0.39 is 0 Å². The van der Waals surface area contributed by atoms with Gasteiger partial charge in [-0.1, -0.05) is 18.6 Å². The van der Waals surface area contributed by atoms with Crippen LogP contribution in [0.2, 0.25) is 0 Å². The topological polar surface area (TPSA) is 63.3 Å². The van der Waals surface area contributed by atoms with E-state index in [4.69, 9.17) is 4.42 Å². The molecule has 1 atom stereocenters. The van der Waals surface area contributed by atoms with Gasteiger partial charge in [-0.25, -0.2) is 4.68 Å². The van der Waals surface area contributed by atoms with E-state index in [-0.39, 0.29) is 5.91 Å². The molecule has 1 aliphatic rings. The van der Waals surface area contributed by atoms with E-state index in [1.165, 1.54) is 25.8 Å². The van der Waals surface area contributed by atoms with Gasteiger partial charge >= 0.3 is 0 Å². The highest BCUT2D eigenvalue weighted by Crippen LogP contribution is 2.23. The van der Waals surface area contributed by atoms with Crippen molar-refractivity contribution in [3.63, 3.8) is 0 Å². The number of piperidine rings is 1. The summed E-state index contributed by atoms with van der Waals surface area (Å²) in [6.45, 7) is 7.17. The van der Waals surface area contributed by atoms with E-state index >= 15 is 0 Å². The quantitative estimate of drug-likeness (QED) is 0.590. The largest absolute Gasteiger partial charge is 0.463 e. The molecule has 0 aliphatic carbocycles. The number of benzene rings is 1. The van der Waals surface area contributed by atoms with E-state index in [0.29, 0.717) is 29.7 Å². The van der Waals surface area contributed by atoms with Crippen molar-refractivity contribution in [2.45, 2.75) is 45.6 Å². The summed E-state index contributed by atoms with van der Waals surface area (Å²) in [5.74, 6) is 0.531. The minimum atomic E-state index is -0.117. The zero-order valence-electron chi connectivity index (χ0n) is 17.8. The molecule has 1 saturated heterocycles. The summed E-state index contributed by atoms with van der Waals surface area (Å²) in [6.07, 6.45) is 6.44. The summed E-state index contributed by atoms with van der Waals surface area (Å²) in [7, 11) is 0. The van der Waals surface area contributed by atoms with Gasteiger partial charge in [0.15, 0.2) is 5.76 Å². The highest BCUT2D eigenvalue weighted by Gasteiger charge is 2.20. The normalized spacial score (nSPS) is 17.2. The molecule has 158 valence electrons. The molecule has 2 aromatic heterocycles. The first-order valence-electron chi connectivity index (χ1n) is 10.8. The Balaban J connectivity index is 1.47. The maximum absolute atomic E-state index is 13.0. The number of aromatic nitrogens is 2. The third-order valence-electron chi connectivity index (χ3n) is 5.81. The van der Waals surface area contributed by atoms with Crippen LogP contribution in [-0.2, 0) is 0 Å². The van der Waals surface area contributed by atoms with Crippen LogP contribution in [0, 0.1) is 6.92 Å². The van der Waals surface area contributed by atoms with Gasteiger partial charge in [-0.05, 0) is 69.5 Å². The lowest BCUT2D eigenvalue weighted by Gasteiger charge is -2.33. The summed E-state index contributed by atoms with van der Waals surface area (Å²) < 4.78 is 7.19. The van der Waals surface area contributed by atoms with Gasteiger partial charge in [0, 0.05) is 25.2 Å². The second kappa shape index (κ2) is 9.30. The fraction of sp³-hybridized carbons (Fsp3) is 0.417. The first kappa shape index (κ1) is 20.4. The standard InChI is InChI=1S/C24H30N4O2/c1-18-8-5-10-20(16-18)28-22(17-21(26-28)23-11-6-15-30-23)24(29)25-12-7-14-27-13-4-3-9-19(27)2/h5-6,8,10-11,15-17,19H,3-4,7,9,12-14H2,1-2H3,(H,25,29)/t19-/m0/s1. The summed E-state index contributed by atoms with van der Waals surface area (Å²) in [4.78, 5) is 15.5. The number of furan rings is 1. The molecule has 6 nitrogen and oxygen atoms in total. The fourth-order valence-corrected chi connectivity index (χ4v) is 4.11. The molecule has 1 fully saturated rings. The molecular formula is C24H30N4O2. The van der Waals surface area contributed by atoms with Crippen molar-refractivity contribution in [2.75, 3.05) is 19.6 Å². The van der Waals surface area contributed by atoms with Gasteiger partial charge in [-0.15, -0.1) is 0 Å². The van der Waals surface area contributed by atoms with Crippen LogP contribution in [0.15, 0.2) is 53.1 Å². The van der Waals surface area contributed by atoms with E-state index in [1.54, 1.807) is 17.0 Å². The van der Waals surface area contributed by atoms with Crippen LogP contribution in [0.25, 0.3) is 17.1 Å². The molecule has 0 unspecified atom stereocenters. The van der Waals surface area contributed by atoms with Crippen LogP contribution < -0.4 is 5.32 Å². The van der Waals surface area contributed by atoms with Gasteiger partial charge < -0.3 is 14.6 Å². The first-order chi connectivity index (χ1) is 14.6. The number of nitrogens with one attached hydrogen (secondary N) is 1. The molecule has 4 rings (SSSR count). The highest BCUT2D eigenvalue weighted by molar-refractivity contribution is 5.94. The Morgan fingerprint density at radius 1 is 1.23 bits per heavy atom. The van der Waals surface area contributed by atoms with Crippen molar-refractivity contribution in [3.05, 3.63) is 60.0 Å². The monoisotopic (exact) mass is 406 g/mol.